The van der Waals surface area contributed by atoms with Gasteiger partial charge in [-0.2, -0.15) is 0 Å². The van der Waals surface area contributed by atoms with Crippen molar-refractivity contribution in [3.63, 3.8) is 0 Å². The summed E-state index contributed by atoms with van der Waals surface area (Å²) in [6.07, 6.45) is 0.739. The molecule has 0 aromatic heterocycles. The minimum atomic E-state index is -3.72. The maximum atomic E-state index is 12.6. The third-order valence-electron chi connectivity index (χ3n) is 3.74. The Hall–Kier alpha value is -2.41. The molecule has 6 nitrogen and oxygen atoms in total. The van der Waals surface area contributed by atoms with Gasteiger partial charge in [-0.3, -0.25) is 4.72 Å². The molecule has 24 heavy (non-hydrogen) atoms. The molecule has 0 spiro atoms. The summed E-state index contributed by atoms with van der Waals surface area (Å²) in [5.41, 5.74) is 1.42. The number of nitrogens with one attached hydrogen (secondary N) is 1. The van der Waals surface area contributed by atoms with Gasteiger partial charge in [-0.15, -0.1) is 0 Å². The van der Waals surface area contributed by atoms with Crippen LogP contribution in [0.25, 0.3) is 0 Å². The zero-order valence-corrected chi connectivity index (χ0v) is 14.4. The van der Waals surface area contributed by atoms with Gasteiger partial charge >= 0.3 is 0 Å². The lowest BCUT2D eigenvalue weighted by Gasteiger charge is -2.19. The lowest BCUT2D eigenvalue weighted by Crippen LogP contribution is -2.17. The largest absolute Gasteiger partial charge is 0.496 e. The predicted molar refractivity (Wildman–Crippen MR) is 90.6 cm³/mol. The second kappa shape index (κ2) is 6.60. The Morgan fingerprint density at radius 3 is 2.54 bits per heavy atom. The van der Waals surface area contributed by atoms with E-state index in [1.807, 2.05) is 6.92 Å². The summed E-state index contributed by atoms with van der Waals surface area (Å²) in [5, 5.41) is 0. The molecule has 2 aromatic rings. The molecule has 0 saturated carbocycles. The minimum Gasteiger partial charge on any atom is -0.496 e. The molecule has 2 aromatic carbocycles. The first-order chi connectivity index (χ1) is 11.5. The molecule has 0 saturated heterocycles. The van der Waals surface area contributed by atoms with E-state index in [1.165, 1.54) is 12.1 Å². The molecule has 1 aliphatic rings. The standard InChI is InChI=1S/C17H19NO5S/c1-3-12-10-13(4-6-15(12)21-2)18-24(19,20)14-5-7-16-17(11-14)23-9-8-22-16/h4-7,10-11,18H,3,8-9H2,1-2H3. The van der Waals surface area contributed by atoms with Crippen LogP contribution in [0.3, 0.4) is 0 Å². The second-order valence-electron chi connectivity index (χ2n) is 5.29. The third-order valence-corrected chi connectivity index (χ3v) is 5.12. The summed E-state index contributed by atoms with van der Waals surface area (Å²) in [5.74, 6) is 1.73. The zero-order valence-electron chi connectivity index (χ0n) is 13.5. The number of ether oxygens (including phenoxy) is 3. The Morgan fingerprint density at radius 1 is 1.08 bits per heavy atom. The van der Waals surface area contributed by atoms with E-state index in [0.717, 1.165) is 17.7 Å². The Labute approximate surface area is 141 Å². The average Bonchev–Trinajstić information content (AvgIpc) is 2.60. The fourth-order valence-corrected chi connectivity index (χ4v) is 3.59. The molecule has 3 rings (SSSR count). The Balaban J connectivity index is 1.89. The first-order valence-electron chi connectivity index (χ1n) is 7.63. The van der Waals surface area contributed by atoms with Gasteiger partial charge in [0.15, 0.2) is 11.5 Å². The van der Waals surface area contributed by atoms with Crippen molar-refractivity contribution in [2.75, 3.05) is 25.0 Å². The number of hydrogen-bond donors (Lipinski definition) is 1. The molecule has 0 amide bonds. The van der Waals surface area contributed by atoms with Gasteiger partial charge in [0, 0.05) is 11.8 Å². The van der Waals surface area contributed by atoms with Crippen molar-refractivity contribution in [2.45, 2.75) is 18.2 Å². The number of rotatable bonds is 5. The summed E-state index contributed by atoms with van der Waals surface area (Å²) < 4.78 is 43.9. The van der Waals surface area contributed by atoms with E-state index in [4.69, 9.17) is 14.2 Å². The molecule has 0 unspecified atom stereocenters. The summed E-state index contributed by atoms with van der Waals surface area (Å²) in [6.45, 7) is 2.85. The molecule has 7 heteroatoms. The lowest BCUT2D eigenvalue weighted by molar-refractivity contribution is 0.171. The smallest absolute Gasteiger partial charge is 0.262 e. The van der Waals surface area contributed by atoms with Crippen LogP contribution in [0.1, 0.15) is 12.5 Å². The van der Waals surface area contributed by atoms with Crippen LogP contribution in [0.2, 0.25) is 0 Å². The highest BCUT2D eigenvalue weighted by Crippen LogP contribution is 2.33. The van der Waals surface area contributed by atoms with Crippen LogP contribution < -0.4 is 18.9 Å². The van der Waals surface area contributed by atoms with E-state index in [1.54, 1.807) is 31.4 Å². The van der Waals surface area contributed by atoms with Crippen LogP contribution in [-0.2, 0) is 16.4 Å². The van der Waals surface area contributed by atoms with Crippen LogP contribution in [0.5, 0.6) is 17.2 Å². The quantitative estimate of drug-likeness (QED) is 0.898. The van der Waals surface area contributed by atoms with Crippen molar-refractivity contribution in [2.24, 2.45) is 0 Å². The topological polar surface area (TPSA) is 73.9 Å². The van der Waals surface area contributed by atoms with Crippen molar-refractivity contribution in [3.8, 4) is 17.2 Å². The van der Waals surface area contributed by atoms with Crippen molar-refractivity contribution < 1.29 is 22.6 Å². The van der Waals surface area contributed by atoms with Crippen molar-refractivity contribution in [3.05, 3.63) is 42.0 Å². The van der Waals surface area contributed by atoms with E-state index in [0.29, 0.717) is 30.4 Å². The van der Waals surface area contributed by atoms with Gasteiger partial charge in [0.1, 0.15) is 19.0 Å². The number of aryl methyl sites for hydroxylation is 1. The molecule has 0 aliphatic carbocycles. The number of sulfonamides is 1. The van der Waals surface area contributed by atoms with Crippen LogP contribution in [-0.4, -0.2) is 28.7 Å². The number of benzene rings is 2. The normalized spacial score (nSPS) is 13.4. The fourth-order valence-electron chi connectivity index (χ4n) is 2.52. The molecule has 1 aliphatic heterocycles. The Morgan fingerprint density at radius 2 is 1.83 bits per heavy atom. The van der Waals surface area contributed by atoms with Gasteiger partial charge in [-0.25, -0.2) is 8.42 Å². The van der Waals surface area contributed by atoms with Gasteiger partial charge in [-0.1, -0.05) is 6.92 Å². The Kier molecular flexibility index (Phi) is 4.53. The zero-order chi connectivity index (χ0) is 17.2. The number of hydrogen-bond acceptors (Lipinski definition) is 5. The van der Waals surface area contributed by atoms with Crippen molar-refractivity contribution >= 4 is 15.7 Å². The molecule has 0 atom stereocenters. The average molecular weight is 349 g/mol. The van der Waals surface area contributed by atoms with Gasteiger partial charge in [0.2, 0.25) is 0 Å². The molecular weight excluding hydrogens is 330 g/mol. The lowest BCUT2D eigenvalue weighted by atomic mass is 10.1. The summed E-state index contributed by atoms with van der Waals surface area (Å²) in [6, 6.07) is 9.78. The molecule has 1 heterocycles. The SMILES string of the molecule is CCc1cc(NS(=O)(=O)c2ccc3c(c2)OCCO3)ccc1OC. The molecule has 0 fully saturated rings. The second-order valence-corrected chi connectivity index (χ2v) is 6.97. The van der Waals surface area contributed by atoms with Crippen molar-refractivity contribution in [1.29, 1.82) is 0 Å². The maximum absolute atomic E-state index is 12.6. The number of fused-ring (bicyclic) bond motifs is 1. The van der Waals surface area contributed by atoms with Crippen LogP contribution in [0, 0.1) is 0 Å². The van der Waals surface area contributed by atoms with Gasteiger partial charge in [-0.05, 0) is 42.3 Å². The minimum absolute atomic E-state index is 0.126. The summed E-state index contributed by atoms with van der Waals surface area (Å²) in [4.78, 5) is 0.126. The van der Waals surface area contributed by atoms with Gasteiger partial charge in [0.05, 0.1) is 12.0 Å². The van der Waals surface area contributed by atoms with Gasteiger partial charge < -0.3 is 14.2 Å². The molecule has 128 valence electrons. The van der Waals surface area contributed by atoms with Crippen LogP contribution in [0.15, 0.2) is 41.3 Å². The molecule has 0 bridgehead atoms. The van der Waals surface area contributed by atoms with Crippen LogP contribution >= 0.6 is 0 Å². The first kappa shape index (κ1) is 16.4. The van der Waals surface area contributed by atoms with E-state index in [2.05, 4.69) is 4.72 Å². The van der Waals surface area contributed by atoms with Crippen LogP contribution in [0.4, 0.5) is 5.69 Å². The van der Waals surface area contributed by atoms with E-state index >= 15 is 0 Å². The maximum Gasteiger partial charge on any atom is 0.262 e. The summed E-state index contributed by atoms with van der Waals surface area (Å²) in [7, 11) is -2.13. The predicted octanol–water partition coefficient (Wildman–Crippen LogP) is 2.83. The monoisotopic (exact) mass is 349 g/mol. The molecule has 0 radical (unpaired) electrons. The summed E-state index contributed by atoms with van der Waals surface area (Å²) >= 11 is 0. The first-order valence-corrected chi connectivity index (χ1v) is 9.11. The van der Waals surface area contributed by atoms with E-state index < -0.39 is 10.0 Å². The molecule has 1 N–H and O–H groups in total. The Bertz CT molecular complexity index is 848. The van der Waals surface area contributed by atoms with E-state index in [-0.39, 0.29) is 4.90 Å². The van der Waals surface area contributed by atoms with Gasteiger partial charge in [0.25, 0.3) is 10.0 Å². The highest BCUT2D eigenvalue weighted by molar-refractivity contribution is 7.92. The fraction of sp³-hybridized carbons (Fsp3) is 0.294. The highest BCUT2D eigenvalue weighted by Gasteiger charge is 2.19. The molecular formula is C17H19NO5S. The number of methoxy groups -OCH3 is 1. The van der Waals surface area contributed by atoms with Crippen molar-refractivity contribution in [1.82, 2.24) is 0 Å². The van der Waals surface area contributed by atoms with E-state index in [9.17, 15) is 8.42 Å². The third kappa shape index (κ3) is 3.26. The highest BCUT2D eigenvalue weighted by atomic mass is 32.2. The number of anilines is 1.